The van der Waals surface area contributed by atoms with Crippen LogP contribution in [0.25, 0.3) is 0 Å². The number of allylic oxidation sites excluding steroid dienone is 2. The lowest BCUT2D eigenvalue weighted by Crippen LogP contribution is -2.33. The molecule has 0 aromatic carbocycles. The first-order valence-corrected chi connectivity index (χ1v) is 11.2. The number of carbonyl (C=O) groups is 2. The van der Waals surface area contributed by atoms with Gasteiger partial charge >= 0.3 is 11.9 Å². The highest BCUT2D eigenvalue weighted by Gasteiger charge is 2.36. The van der Waals surface area contributed by atoms with E-state index in [1.807, 2.05) is 0 Å². The van der Waals surface area contributed by atoms with Crippen molar-refractivity contribution in [2.24, 2.45) is 11.8 Å². The number of carboxylic acid groups (broad SMARTS) is 1. The molecular weight excluding hydrogens is 340 g/mol. The summed E-state index contributed by atoms with van der Waals surface area (Å²) in [6.45, 7) is 2.67. The Morgan fingerprint density at radius 3 is 2.04 bits per heavy atom. The van der Waals surface area contributed by atoms with E-state index >= 15 is 0 Å². The van der Waals surface area contributed by atoms with Crippen LogP contribution in [0.3, 0.4) is 0 Å². The van der Waals surface area contributed by atoms with E-state index in [2.05, 4.69) is 19.1 Å². The van der Waals surface area contributed by atoms with Gasteiger partial charge in [-0.25, -0.2) is 0 Å². The van der Waals surface area contributed by atoms with Crippen LogP contribution < -0.4 is 0 Å². The van der Waals surface area contributed by atoms with Gasteiger partial charge in [0, 0.05) is 0 Å². The number of carboxylic acids is 1. The molecule has 0 radical (unpaired) electrons. The first-order valence-electron chi connectivity index (χ1n) is 11.2. The predicted molar refractivity (Wildman–Crippen MR) is 110 cm³/mol. The molecule has 156 valence electrons. The van der Waals surface area contributed by atoms with Gasteiger partial charge in [0.15, 0.2) is 0 Å². The molecule has 1 saturated carbocycles. The lowest BCUT2D eigenvalue weighted by molar-refractivity contribution is -0.159. The lowest BCUT2D eigenvalue weighted by atomic mass is 9.79. The van der Waals surface area contributed by atoms with Gasteiger partial charge in [0.2, 0.25) is 0 Å². The molecule has 1 N–H and O–H groups in total. The summed E-state index contributed by atoms with van der Waals surface area (Å²) >= 11 is 0. The fourth-order valence-electron chi connectivity index (χ4n) is 3.81. The van der Waals surface area contributed by atoms with Crippen LogP contribution in [0, 0.1) is 11.8 Å². The van der Waals surface area contributed by atoms with E-state index in [0.717, 1.165) is 25.7 Å². The highest BCUT2D eigenvalue weighted by molar-refractivity contribution is 5.81. The third-order valence-corrected chi connectivity index (χ3v) is 5.54. The van der Waals surface area contributed by atoms with E-state index in [0.29, 0.717) is 19.4 Å². The van der Waals surface area contributed by atoms with Crippen LogP contribution in [0.1, 0.15) is 103 Å². The largest absolute Gasteiger partial charge is 0.481 e. The molecule has 2 atom stereocenters. The van der Waals surface area contributed by atoms with Crippen LogP contribution in [-0.4, -0.2) is 23.7 Å². The van der Waals surface area contributed by atoms with Crippen molar-refractivity contribution in [1.82, 2.24) is 0 Å². The second-order valence-corrected chi connectivity index (χ2v) is 7.88. The fraction of sp³-hybridized carbons (Fsp3) is 0.826. The normalized spacial score (nSPS) is 20.0. The van der Waals surface area contributed by atoms with Crippen molar-refractivity contribution in [3.63, 3.8) is 0 Å². The summed E-state index contributed by atoms with van der Waals surface area (Å²) in [7, 11) is 0. The molecule has 0 saturated heterocycles. The van der Waals surface area contributed by atoms with E-state index in [9.17, 15) is 14.7 Å². The van der Waals surface area contributed by atoms with Crippen molar-refractivity contribution in [2.45, 2.75) is 103 Å². The Labute approximate surface area is 165 Å². The Morgan fingerprint density at radius 2 is 1.41 bits per heavy atom. The van der Waals surface area contributed by atoms with Crippen molar-refractivity contribution in [1.29, 1.82) is 0 Å². The van der Waals surface area contributed by atoms with E-state index in [-0.39, 0.29) is 5.97 Å². The Kier molecular flexibility index (Phi) is 13.8. The molecular formula is C23H40O4. The van der Waals surface area contributed by atoms with Crippen molar-refractivity contribution < 1.29 is 19.4 Å². The second-order valence-electron chi connectivity index (χ2n) is 7.88. The Morgan fingerprint density at radius 1 is 0.852 bits per heavy atom. The van der Waals surface area contributed by atoms with Gasteiger partial charge in [-0.05, 0) is 44.9 Å². The molecule has 0 heterocycles. The van der Waals surface area contributed by atoms with Gasteiger partial charge in [-0.15, -0.1) is 0 Å². The van der Waals surface area contributed by atoms with Gasteiger partial charge in [0.25, 0.3) is 0 Å². The van der Waals surface area contributed by atoms with Crippen molar-refractivity contribution in [2.75, 3.05) is 6.61 Å². The van der Waals surface area contributed by atoms with Crippen LogP contribution in [0.2, 0.25) is 0 Å². The number of hydrogen-bond acceptors (Lipinski definition) is 3. The molecule has 0 bridgehead atoms. The average molecular weight is 381 g/mol. The summed E-state index contributed by atoms with van der Waals surface area (Å²) in [5.41, 5.74) is 0. The lowest BCUT2D eigenvalue weighted by Gasteiger charge is -2.26. The third-order valence-electron chi connectivity index (χ3n) is 5.54. The van der Waals surface area contributed by atoms with Crippen LogP contribution >= 0.6 is 0 Å². The van der Waals surface area contributed by atoms with E-state index in [1.165, 1.54) is 57.8 Å². The zero-order chi connectivity index (χ0) is 19.7. The smallest absolute Gasteiger partial charge is 0.309 e. The highest BCUT2D eigenvalue weighted by atomic mass is 16.5. The summed E-state index contributed by atoms with van der Waals surface area (Å²) < 4.78 is 5.35. The molecule has 4 nitrogen and oxygen atoms in total. The zero-order valence-corrected chi connectivity index (χ0v) is 17.3. The molecule has 1 aliphatic carbocycles. The molecule has 1 rings (SSSR count). The van der Waals surface area contributed by atoms with E-state index in [1.54, 1.807) is 0 Å². The monoisotopic (exact) mass is 380 g/mol. The average Bonchev–Trinajstić information content (AvgIpc) is 2.68. The van der Waals surface area contributed by atoms with E-state index in [4.69, 9.17) is 4.74 Å². The summed E-state index contributed by atoms with van der Waals surface area (Å²) in [6, 6.07) is 0. The van der Waals surface area contributed by atoms with Crippen LogP contribution in [0.5, 0.6) is 0 Å². The Bertz CT molecular complexity index is 430. The van der Waals surface area contributed by atoms with Gasteiger partial charge < -0.3 is 9.84 Å². The van der Waals surface area contributed by atoms with Crippen molar-refractivity contribution in [3.8, 4) is 0 Å². The molecule has 0 aliphatic heterocycles. The van der Waals surface area contributed by atoms with Gasteiger partial charge in [-0.3, -0.25) is 9.59 Å². The van der Waals surface area contributed by atoms with Gasteiger partial charge in [0.1, 0.15) is 0 Å². The summed E-state index contributed by atoms with van der Waals surface area (Å²) in [6.07, 6.45) is 21.0. The topological polar surface area (TPSA) is 63.6 Å². The maximum absolute atomic E-state index is 12.1. The SMILES string of the molecule is CCCCCC/C=C/CCCCCCCOC(=O)C1CCCCC1C(=O)O. The minimum Gasteiger partial charge on any atom is -0.481 e. The van der Waals surface area contributed by atoms with Gasteiger partial charge in [0.05, 0.1) is 18.4 Å². The number of unbranched alkanes of at least 4 members (excludes halogenated alkanes) is 9. The Hall–Kier alpha value is -1.32. The van der Waals surface area contributed by atoms with Crippen LogP contribution in [0.15, 0.2) is 12.2 Å². The minimum atomic E-state index is -0.855. The first-order chi connectivity index (χ1) is 13.2. The number of carbonyl (C=O) groups excluding carboxylic acids is 1. The fourth-order valence-corrected chi connectivity index (χ4v) is 3.81. The molecule has 0 aromatic rings. The molecule has 1 fully saturated rings. The molecule has 27 heavy (non-hydrogen) atoms. The number of ether oxygens (including phenoxy) is 1. The number of aliphatic carboxylic acids is 1. The first kappa shape index (κ1) is 23.7. The molecule has 0 amide bonds. The summed E-state index contributed by atoms with van der Waals surface area (Å²) in [5.74, 6) is -2.14. The highest BCUT2D eigenvalue weighted by Crippen LogP contribution is 2.31. The minimum absolute atomic E-state index is 0.300. The standard InChI is InChI=1S/C23H40O4/c1-2-3-4-5-6-7-8-9-10-11-12-13-16-19-27-23(26)21-18-15-14-17-20(21)22(24)25/h7-8,20-21H,2-6,9-19H2,1H3,(H,24,25)/b8-7+. The van der Waals surface area contributed by atoms with Crippen molar-refractivity contribution >= 4 is 11.9 Å². The number of hydrogen-bond donors (Lipinski definition) is 1. The molecule has 4 heteroatoms. The van der Waals surface area contributed by atoms with E-state index < -0.39 is 17.8 Å². The quantitative estimate of drug-likeness (QED) is 0.206. The van der Waals surface area contributed by atoms with Gasteiger partial charge in [-0.2, -0.15) is 0 Å². The second kappa shape index (κ2) is 15.7. The molecule has 0 spiro atoms. The Balaban J connectivity index is 1.95. The number of rotatable bonds is 15. The molecule has 0 aromatic heterocycles. The predicted octanol–water partition coefficient (Wildman–Crippen LogP) is 6.29. The van der Waals surface area contributed by atoms with Gasteiger partial charge in [-0.1, -0.05) is 70.4 Å². The number of esters is 1. The third kappa shape index (κ3) is 11.2. The molecule has 2 unspecified atom stereocenters. The summed E-state index contributed by atoms with van der Waals surface area (Å²) in [5, 5.41) is 9.24. The van der Waals surface area contributed by atoms with Crippen LogP contribution in [0.4, 0.5) is 0 Å². The van der Waals surface area contributed by atoms with Crippen molar-refractivity contribution in [3.05, 3.63) is 12.2 Å². The van der Waals surface area contributed by atoms with Crippen LogP contribution in [-0.2, 0) is 14.3 Å². The molecule has 1 aliphatic rings. The maximum atomic E-state index is 12.1. The maximum Gasteiger partial charge on any atom is 0.309 e. The summed E-state index contributed by atoms with van der Waals surface area (Å²) in [4.78, 5) is 23.4. The zero-order valence-electron chi connectivity index (χ0n) is 17.3.